The van der Waals surface area contributed by atoms with Crippen LogP contribution in [-0.4, -0.2) is 91.9 Å². The minimum atomic E-state index is -0.487. The molecule has 2 fully saturated rings. The highest BCUT2D eigenvalue weighted by molar-refractivity contribution is 6.01. The molecule has 3 aliphatic heterocycles. The van der Waals surface area contributed by atoms with Gasteiger partial charge in [-0.3, -0.25) is 19.8 Å². The van der Waals surface area contributed by atoms with Crippen LogP contribution < -0.4 is 15.0 Å². The topological polar surface area (TPSA) is 156 Å². The summed E-state index contributed by atoms with van der Waals surface area (Å²) in [5.41, 5.74) is 1.82. The third kappa shape index (κ3) is 5.68. The van der Waals surface area contributed by atoms with Crippen molar-refractivity contribution in [2.24, 2.45) is 0 Å². The third-order valence-electron chi connectivity index (χ3n) is 6.86. The van der Waals surface area contributed by atoms with Crippen LogP contribution >= 0.6 is 0 Å². The number of ether oxygens (including phenoxy) is 4. The first-order valence-corrected chi connectivity index (χ1v) is 12.6. The largest absolute Gasteiger partial charge is 0.484 e. The zero-order valence-corrected chi connectivity index (χ0v) is 21.4. The summed E-state index contributed by atoms with van der Waals surface area (Å²) in [5, 5.41) is 12.2. The van der Waals surface area contributed by atoms with E-state index >= 15 is 0 Å². The normalized spacial score (nSPS) is 20.8. The first kappa shape index (κ1) is 26.5. The van der Waals surface area contributed by atoms with Gasteiger partial charge in [0.2, 0.25) is 5.91 Å². The second-order valence-corrected chi connectivity index (χ2v) is 9.33. The lowest BCUT2D eigenvalue weighted by Gasteiger charge is -2.30. The predicted octanol–water partition coefficient (Wildman–Crippen LogP) is 1.30. The maximum atomic E-state index is 13.3. The summed E-state index contributed by atoms with van der Waals surface area (Å²) in [6.45, 7) is 2.21. The fraction of sp³-hybridized carbons (Fsp3) is 0.462. The van der Waals surface area contributed by atoms with E-state index in [1.54, 1.807) is 12.0 Å². The molecule has 13 nitrogen and oxygen atoms in total. The van der Waals surface area contributed by atoms with Crippen molar-refractivity contribution in [1.82, 2.24) is 14.9 Å². The van der Waals surface area contributed by atoms with Gasteiger partial charge in [-0.25, -0.2) is 14.8 Å². The molecule has 0 bridgehead atoms. The van der Waals surface area contributed by atoms with Crippen LogP contribution in [0.5, 0.6) is 5.75 Å². The summed E-state index contributed by atoms with van der Waals surface area (Å²) >= 11 is 0. The number of aldehydes is 1. The van der Waals surface area contributed by atoms with Gasteiger partial charge in [0.05, 0.1) is 26.0 Å². The molecule has 5 rings (SSSR count). The Balaban J connectivity index is 1.35. The van der Waals surface area contributed by atoms with E-state index in [1.807, 2.05) is 12.1 Å². The van der Waals surface area contributed by atoms with Crippen LogP contribution in [0.3, 0.4) is 0 Å². The van der Waals surface area contributed by atoms with Crippen molar-refractivity contribution in [2.45, 2.75) is 31.6 Å². The zero-order chi connectivity index (χ0) is 27.4. The van der Waals surface area contributed by atoms with Gasteiger partial charge in [-0.2, -0.15) is 5.26 Å². The molecule has 0 aromatic carbocycles. The minimum absolute atomic E-state index is 0.0142. The number of hydrogen-bond acceptors (Lipinski definition) is 10. The Morgan fingerprint density at radius 2 is 2.13 bits per heavy atom. The maximum Gasteiger partial charge on any atom is 0.328 e. The number of anilines is 2. The van der Waals surface area contributed by atoms with Crippen LogP contribution in [-0.2, 0) is 32.0 Å². The molecule has 2 atom stereocenters. The number of methoxy groups -OCH3 is 1. The fourth-order valence-electron chi connectivity index (χ4n) is 4.78. The van der Waals surface area contributed by atoms with Crippen molar-refractivity contribution in [3.63, 3.8) is 0 Å². The molecule has 0 saturated carbocycles. The molecule has 0 spiro atoms. The summed E-state index contributed by atoms with van der Waals surface area (Å²) in [4.78, 5) is 49.2. The lowest BCUT2D eigenvalue weighted by atomic mass is 10.0. The zero-order valence-electron chi connectivity index (χ0n) is 21.4. The Morgan fingerprint density at radius 1 is 1.28 bits per heavy atom. The highest BCUT2D eigenvalue weighted by atomic mass is 16.6. The number of nitrogens with zero attached hydrogens (tertiary/aromatic N) is 5. The van der Waals surface area contributed by atoms with Crippen LogP contribution in [0.1, 0.15) is 33.6 Å². The van der Waals surface area contributed by atoms with E-state index in [0.717, 1.165) is 5.56 Å². The molecular formula is C26H28N6O7. The molecule has 0 unspecified atom stereocenters. The van der Waals surface area contributed by atoms with Crippen molar-refractivity contribution in [1.29, 1.82) is 5.26 Å². The van der Waals surface area contributed by atoms with Gasteiger partial charge in [0.15, 0.2) is 12.4 Å². The van der Waals surface area contributed by atoms with Crippen molar-refractivity contribution < 1.29 is 33.3 Å². The van der Waals surface area contributed by atoms with Gasteiger partial charge in [0.25, 0.3) is 0 Å². The van der Waals surface area contributed by atoms with Crippen LogP contribution in [0.4, 0.5) is 16.4 Å². The Morgan fingerprint density at radius 3 is 2.90 bits per heavy atom. The number of fused-ring (bicyclic) bond motifs is 1. The molecule has 3 amide bonds. The van der Waals surface area contributed by atoms with Gasteiger partial charge >= 0.3 is 6.03 Å². The molecule has 0 radical (unpaired) electrons. The highest BCUT2D eigenvalue weighted by Crippen LogP contribution is 2.29. The van der Waals surface area contributed by atoms with Crippen molar-refractivity contribution in [3.8, 4) is 11.8 Å². The standard InChI is InChI=1S/C26H28N6O7/c1-36-21-13-38-14-22(21)39-20-8-23(28-10-18(20)9-27)30-26(35)32-4-2-3-16-7-17(19(12-33)29-25(16)32)11-31-5-6-37-15-24(31)34/h7-8,10,12,21-22H,2-6,11,13-15H2,1H3,(H,28,30,35)/t21-,22-/m0/s1. The number of urea groups is 1. The average molecular weight is 537 g/mol. The second kappa shape index (κ2) is 11.7. The molecular weight excluding hydrogens is 508 g/mol. The monoisotopic (exact) mass is 536 g/mol. The van der Waals surface area contributed by atoms with Gasteiger partial charge in [-0.1, -0.05) is 0 Å². The number of carbonyl (C=O) groups excluding carboxylic acids is 3. The van der Waals surface area contributed by atoms with Gasteiger partial charge in [0, 0.05) is 38.4 Å². The van der Waals surface area contributed by atoms with Gasteiger partial charge in [-0.05, 0) is 24.5 Å². The maximum absolute atomic E-state index is 13.3. The van der Waals surface area contributed by atoms with Crippen LogP contribution in [0.25, 0.3) is 0 Å². The SMILES string of the molecule is CO[C@H]1COC[C@@H]1Oc1cc(NC(=O)N2CCCc3cc(CN4CCOCC4=O)c(C=O)nc32)ncc1C#N. The predicted molar refractivity (Wildman–Crippen MR) is 136 cm³/mol. The first-order valence-electron chi connectivity index (χ1n) is 12.6. The summed E-state index contributed by atoms with van der Waals surface area (Å²) in [5.74, 6) is 0.678. The molecule has 2 aromatic heterocycles. The Hall–Kier alpha value is -4.12. The quantitative estimate of drug-likeness (QED) is 0.512. The number of morpholine rings is 1. The molecule has 0 aliphatic carbocycles. The van der Waals surface area contributed by atoms with E-state index in [4.69, 9.17) is 18.9 Å². The van der Waals surface area contributed by atoms with E-state index in [9.17, 15) is 19.6 Å². The van der Waals surface area contributed by atoms with Crippen molar-refractivity contribution in [3.05, 3.63) is 40.7 Å². The van der Waals surface area contributed by atoms with Gasteiger partial charge in [-0.15, -0.1) is 0 Å². The van der Waals surface area contributed by atoms with Crippen LogP contribution in [0.15, 0.2) is 18.3 Å². The van der Waals surface area contributed by atoms with E-state index in [1.165, 1.54) is 17.2 Å². The lowest BCUT2D eigenvalue weighted by molar-refractivity contribution is -0.143. The number of hydrogen-bond donors (Lipinski definition) is 1. The molecule has 2 saturated heterocycles. The number of rotatable bonds is 7. The summed E-state index contributed by atoms with van der Waals surface area (Å²) < 4.78 is 21.9. The Labute approximate surface area is 224 Å². The molecule has 3 aliphatic rings. The van der Waals surface area contributed by atoms with Gasteiger partial charge in [0.1, 0.15) is 47.4 Å². The number of carbonyl (C=O) groups is 3. The summed E-state index contributed by atoms with van der Waals surface area (Å²) in [6.07, 6.45) is 2.64. The molecule has 204 valence electrons. The Bertz CT molecular complexity index is 1310. The minimum Gasteiger partial charge on any atom is -0.484 e. The third-order valence-corrected chi connectivity index (χ3v) is 6.86. The molecule has 5 heterocycles. The molecule has 1 N–H and O–H groups in total. The van der Waals surface area contributed by atoms with Gasteiger partial charge < -0.3 is 23.8 Å². The van der Waals surface area contributed by atoms with E-state index in [0.29, 0.717) is 63.4 Å². The van der Waals surface area contributed by atoms with Crippen molar-refractivity contribution in [2.75, 3.05) is 56.8 Å². The molecule has 2 aromatic rings. The number of amides is 3. The first-order chi connectivity index (χ1) is 19.0. The number of pyridine rings is 2. The van der Waals surface area contributed by atoms with Crippen LogP contribution in [0.2, 0.25) is 0 Å². The smallest absolute Gasteiger partial charge is 0.328 e. The number of nitrogens with one attached hydrogen (secondary N) is 1. The highest BCUT2D eigenvalue weighted by Gasteiger charge is 2.31. The van der Waals surface area contributed by atoms with Crippen LogP contribution in [0, 0.1) is 11.3 Å². The van der Waals surface area contributed by atoms with E-state index in [2.05, 4.69) is 15.3 Å². The molecule has 13 heteroatoms. The Kier molecular flexibility index (Phi) is 7.97. The number of aryl methyl sites for hydroxylation is 1. The lowest BCUT2D eigenvalue weighted by Crippen LogP contribution is -2.42. The van der Waals surface area contributed by atoms with Crippen molar-refractivity contribution >= 4 is 29.9 Å². The fourth-order valence-corrected chi connectivity index (χ4v) is 4.78. The van der Waals surface area contributed by atoms with E-state index in [-0.39, 0.29) is 48.0 Å². The van der Waals surface area contributed by atoms with E-state index < -0.39 is 12.1 Å². The summed E-state index contributed by atoms with van der Waals surface area (Å²) in [6, 6.07) is 4.88. The average Bonchev–Trinajstić information content (AvgIpc) is 3.40. The number of aromatic nitrogens is 2. The molecule has 39 heavy (non-hydrogen) atoms. The second-order valence-electron chi connectivity index (χ2n) is 9.33. The summed E-state index contributed by atoms with van der Waals surface area (Å²) in [7, 11) is 1.56. The number of nitriles is 1.